The fourth-order valence-corrected chi connectivity index (χ4v) is 4.02. The Morgan fingerprint density at radius 3 is 1.90 bits per heavy atom. The van der Waals surface area contributed by atoms with Crippen LogP contribution in [0.1, 0.15) is 103 Å². The summed E-state index contributed by atoms with van der Waals surface area (Å²) in [6, 6.07) is 7.71. The Hall–Kier alpha value is -1.06. The van der Waals surface area contributed by atoms with Crippen LogP contribution in [0.15, 0.2) is 24.3 Å². The monoisotopic (exact) mass is 406 g/mol. The Kier molecular flexibility index (Phi) is 15.9. The quantitative estimate of drug-likeness (QED) is 0.189. The van der Waals surface area contributed by atoms with Gasteiger partial charge in [-0.2, -0.15) is 0 Å². The van der Waals surface area contributed by atoms with Crippen LogP contribution in [0.2, 0.25) is 0 Å². The Bertz CT molecular complexity index is 465. The van der Waals surface area contributed by atoms with Crippen molar-refractivity contribution in [1.29, 1.82) is 0 Å². The highest BCUT2D eigenvalue weighted by atomic mass is 16.7. The number of ether oxygens (including phenoxy) is 2. The van der Waals surface area contributed by atoms with Crippen molar-refractivity contribution < 1.29 is 14.6 Å². The van der Waals surface area contributed by atoms with Crippen molar-refractivity contribution >= 4 is 0 Å². The minimum absolute atomic E-state index is 0.0404. The summed E-state index contributed by atoms with van der Waals surface area (Å²) in [5, 5.41) is 9.49. The Morgan fingerprint density at radius 1 is 0.690 bits per heavy atom. The summed E-state index contributed by atoms with van der Waals surface area (Å²) in [5.74, 6) is 1.12. The summed E-state index contributed by atoms with van der Waals surface area (Å²) >= 11 is 0. The van der Waals surface area contributed by atoms with Gasteiger partial charge in [-0.1, -0.05) is 76.8 Å². The molecule has 0 aliphatic heterocycles. The molecule has 0 bridgehead atoms. The summed E-state index contributed by atoms with van der Waals surface area (Å²) in [6.45, 7) is 7.78. The van der Waals surface area contributed by atoms with Crippen molar-refractivity contribution in [3.8, 4) is 5.75 Å². The first-order chi connectivity index (χ1) is 14.2. The molecule has 0 saturated heterocycles. The van der Waals surface area contributed by atoms with Crippen LogP contribution in [0.3, 0.4) is 0 Å². The van der Waals surface area contributed by atoms with Crippen molar-refractivity contribution in [3.05, 3.63) is 29.8 Å². The average Bonchev–Trinajstić information content (AvgIpc) is 2.72. The van der Waals surface area contributed by atoms with E-state index in [0.29, 0.717) is 19.0 Å². The van der Waals surface area contributed by atoms with Gasteiger partial charge in [0.05, 0.1) is 0 Å². The normalized spacial score (nSPS) is 12.6. The van der Waals surface area contributed by atoms with Crippen LogP contribution >= 0.6 is 0 Å². The van der Waals surface area contributed by atoms with Crippen LogP contribution in [0, 0.1) is 5.92 Å². The molecule has 1 aromatic carbocycles. The lowest BCUT2D eigenvalue weighted by Crippen LogP contribution is -2.17. The van der Waals surface area contributed by atoms with Gasteiger partial charge in [-0.05, 0) is 63.1 Å². The third-order valence-corrected chi connectivity index (χ3v) is 5.75. The van der Waals surface area contributed by atoms with E-state index in [1.165, 1.54) is 76.2 Å². The lowest BCUT2D eigenvalue weighted by atomic mass is 9.89. The van der Waals surface area contributed by atoms with Gasteiger partial charge in [0.25, 0.3) is 0 Å². The van der Waals surface area contributed by atoms with Crippen molar-refractivity contribution in [2.75, 3.05) is 13.2 Å². The maximum atomic E-state index is 9.49. The molecule has 3 heteroatoms. The Morgan fingerprint density at radius 2 is 1.28 bits per heavy atom. The van der Waals surface area contributed by atoms with Gasteiger partial charge in [0, 0.05) is 13.2 Å². The number of phenolic OH excluding ortho intramolecular Hbond substituents is 1. The highest BCUT2D eigenvalue weighted by molar-refractivity contribution is 5.25. The zero-order chi connectivity index (χ0) is 21.2. The van der Waals surface area contributed by atoms with Crippen molar-refractivity contribution in [2.24, 2.45) is 5.92 Å². The topological polar surface area (TPSA) is 38.7 Å². The molecule has 0 radical (unpaired) electrons. The maximum Gasteiger partial charge on any atom is 0.157 e. The van der Waals surface area contributed by atoms with Crippen molar-refractivity contribution in [2.45, 2.75) is 111 Å². The molecular formula is C26H46O3. The zero-order valence-corrected chi connectivity index (χ0v) is 19.3. The lowest BCUT2D eigenvalue weighted by molar-refractivity contribution is -0.140. The summed E-state index contributed by atoms with van der Waals surface area (Å²) in [6.07, 6.45) is 16.7. The largest absolute Gasteiger partial charge is 0.508 e. The zero-order valence-electron chi connectivity index (χ0n) is 19.3. The summed E-state index contributed by atoms with van der Waals surface area (Å²) in [4.78, 5) is 0. The number of hydrogen-bond donors (Lipinski definition) is 1. The molecule has 0 saturated carbocycles. The first-order valence-corrected chi connectivity index (χ1v) is 12.2. The molecule has 0 aliphatic rings. The SMILES string of the molecule is CCCCCCCCCC(CCCC(OCC)OCC)CCc1ccc(O)cc1. The van der Waals surface area contributed by atoms with E-state index in [1.54, 1.807) is 12.1 Å². The van der Waals surface area contributed by atoms with Crippen LogP contribution < -0.4 is 0 Å². The van der Waals surface area contributed by atoms with E-state index in [4.69, 9.17) is 9.47 Å². The predicted molar refractivity (Wildman–Crippen MR) is 123 cm³/mol. The predicted octanol–water partition coefficient (Wildman–Crippen LogP) is 7.65. The van der Waals surface area contributed by atoms with E-state index >= 15 is 0 Å². The maximum absolute atomic E-state index is 9.49. The Labute approximate surface area is 180 Å². The van der Waals surface area contributed by atoms with Gasteiger partial charge in [0.15, 0.2) is 6.29 Å². The number of aryl methyl sites for hydroxylation is 1. The molecule has 0 heterocycles. The molecule has 0 spiro atoms. The molecule has 0 fully saturated rings. The molecule has 1 aromatic rings. The molecule has 1 N–H and O–H groups in total. The number of rotatable bonds is 19. The number of unbranched alkanes of at least 4 members (excludes halogenated alkanes) is 6. The first kappa shape index (κ1) is 26.0. The second-order valence-corrected chi connectivity index (χ2v) is 8.25. The average molecular weight is 407 g/mol. The van der Waals surface area contributed by atoms with E-state index in [-0.39, 0.29) is 6.29 Å². The summed E-state index contributed by atoms with van der Waals surface area (Å²) in [7, 11) is 0. The molecule has 1 atom stereocenters. The van der Waals surface area contributed by atoms with E-state index in [1.807, 2.05) is 13.8 Å². The first-order valence-electron chi connectivity index (χ1n) is 12.2. The van der Waals surface area contributed by atoms with E-state index in [0.717, 1.165) is 18.8 Å². The molecule has 29 heavy (non-hydrogen) atoms. The smallest absolute Gasteiger partial charge is 0.157 e. The van der Waals surface area contributed by atoms with Crippen LogP contribution in [0.5, 0.6) is 5.75 Å². The molecule has 0 aromatic heterocycles. The minimum atomic E-state index is -0.0404. The fourth-order valence-electron chi connectivity index (χ4n) is 4.02. The molecule has 1 rings (SSSR count). The standard InChI is InChI=1S/C26H46O3/c1-4-7-8-9-10-11-12-14-23(15-13-16-26(28-5-2)29-6-3)17-18-24-19-21-25(27)22-20-24/h19-23,26-27H,4-18H2,1-3H3. The fraction of sp³-hybridized carbons (Fsp3) is 0.769. The second kappa shape index (κ2) is 17.8. The number of phenols is 1. The van der Waals surface area contributed by atoms with Gasteiger partial charge in [0.1, 0.15) is 5.75 Å². The molecule has 1 unspecified atom stereocenters. The van der Waals surface area contributed by atoms with Crippen molar-refractivity contribution in [1.82, 2.24) is 0 Å². The number of hydrogen-bond acceptors (Lipinski definition) is 3. The van der Waals surface area contributed by atoms with Gasteiger partial charge in [-0.25, -0.2) is 0 Å². The third-order valence-electron chi connectivity index (χ3n) is 5.75. The molecule has 3 nitrogen and oxygen atoms in total. The number of benzene rings is 1. The third kappa shape index (κ3) is 13.7. The number of aromatic hydroxyl groups is 1. The van der Waals surface area contributed by atoms with Gasteiger partial charge >= 0.3 is 0 Å². The molecule has 0 amide bonds. The molecule has 168 valence electrons. The van der Waals surface area contributed by atoms with E-state index in [2.05, 4.69) is 19.1 Å². The van der Waals surface area contributed by atoms with E-state index < -0.39 is 0 Å². The van der Waals surface area contributed by atoms with Gasteiger partial charge in [-0.15, -0.1) is 0 Å². The van der Waals surface area contributed by atoms with Crippen molar-refractivity contribution in [3.63, 3.8) is 0 Å². The van der Waals surface area contributed by atoms with Crippen LogP contribution in [0.4, 0.5) is 0 Å². The summed E-state index contributed by atoms with van der Waals surface area (Å²) < 4.78 is 11.4. The highest BCUT2D eigenvalue weighted by Gasteiger charge is 2.13. The second-order valence-electron chi connectivity index (χ2n) is 8.25. The highest BCUT2D eigenvalue weighted by Crippen LogP contribution is 2.24. The van der Waals surface area contributed by atoms with Gasteiger partial charge in [0.2, 0.25) is 0 Å². The van der Waals surface area contributed by atoms with Gasteiger partial charge in [-0.3, -0.25) is 0 Å². The van der Waals surface area contributed by atoms with Crippen LogP contribution in [0.25, 0.3) is 0 Å². The Balaban J connectivity index is 2.38. The van der Waals surface area contributed by atoms with E-state index in [9.17, 15) is 5.11 Å². The van der Waals surface area contributed by atoms with Crippen LogP contribution in [-0.2, 0) is 15.9 Å². The lowest BCUT2D eigenvalue weighted by Gasteiger charge is -2.20. The molecule has 0 aliphatic carbocycles. The van der Waals surface area contributed by atoms with Crippen LogP contribution in [-0.4, -0.2) is 24.6 Å². The van der Waals surface area contributed by atoms with Gasteiger partial charge < -0.3 is 14.6 Å². The molecular weight excluding hydrogens is 360 g/mol. The summed E-state index contributed by atoms with van der Waals surface area (Å²) in [5.41, 5.74) is 1.33. The minimum Gasteiger partial charge on any atom is -0.508 e.